The van der Waals surface area contributed by atoms with Gasteiger partial charge in [0.05, 0.1) is 24.8 Å². The summed E-state index contributed by atoms with van der Waals surface area (Å²) >= 11 is 0. The van der Waals surface area contributed by atoms with Gasteiger partial charge in [-0.3, -0.25) is 23.7 Å². The highest BCUT2D eigenvalue weighted by atomic mass is 16.5. The molecule has 1 unspecified atom stereocenters. The Hall–Kier alpha value is -4.96. The van der Waals surface area contributed by atoms with Crippen LogP contribution < -0.4 is 15.6 Å². The second-order valence-corrected chi connectivity index (χ2v) is 9.87. The number of carbonyl (C=O) groups excluding carboxylic acids is 3. The van der Waals surface area contributed by atoms with Crippen LogP contribution in [-0.2, 0) is 38.7 Å². The number of pyridine rings is 1. The van der Waals surface area contributed by atoms with Crippen molar-refractivity contribution in [2.24, 2.45) is 0 Å². The first kappa shape index (κ1) is 31.0. The van der Waals surface area contributed by atoms with E-state index in [0.717, 1.165) is 5.56 Å². The first-order valence-corrected chi connectivity index (χ1v) is 14.0. The largest absolute Gasteiger partial charge is 0.478 e. The smallest absolute Gasteiger partial charge is 0.259 e. The number of aromatic nitrogens is 3. The standard InChI is InChI=1S/C33H34N4O6/c1-42-23-26-21-35-32(25-14-6-3-7-15-25)37(33(26)41)22-29(39)36-27(20-24-12-4-2-5-13-24)31(40)28(38)16-9-11-19-43-30-17-8-10-18-34-30/h2-8,10,12-15,17-18,21,27H,9,11,16,19-20,22-23H2,1H3,(H,36,39). The molecule has 1 atom stereocenters. The maximum atomic E-state index is 13.4. The second kappa shape index (κ2) is 15.9. The second-order valence-electron chi connectivity index (χ2n) is 9.87. The number of amides is 1. The Labute approximate surface area is 249 Å². The number of nitrogens with zero attached hydrogens (tertiary/aromatic N) is 3. The average molecular weight is 583 g/mol. The van der Waals surface area contributed by atoms with Gasteiger partial charge in [-0.2, -0.15) is 0 Å². The molecule has 0 aliphatic heterocycles. The number of methoxy groups -OCH3 is 1. The lowest BCUT2D eigenvalue weighted by Crippen LogP contribution is -2.47. The average Bonchev–Trinajstić information content (AvgIpc) is 3.03. The molecule has 4 rings (SSSR count). The van der Waals surface area contributed by atoms with Gasteiger partial charge in [0, 0.05) is 44.0 Å². The van der Waals surface area contributed by atoms with Gasteiger partial charge in [-0.15, -0.1) is 0 Å². The lowest BCUT2D eigenvalue weighted by atomic mass is 9.97. The molecule has 222 valence electrons. The normalized spacial score (nSPS) is 11.5. The molecular weight excluding hydrogens is 548 g/mol. The number of ether oxygens (including phenoxy) is 2. The fourth-order valence-corrected chi connectivity index (χ4v) is 4.51. The van der Waals surface area contributed by atoms with Crippen LogP contribution in [0.2, 0.25) is 0 Å². The Morgan fingerprint density at radius 3 is 2.33 bits per heavy atom. The quantitative estimate of drug-likeness (QED) is 0.157. The van der Waals surface area contributed by atoms with Crippen molar-refractivity contribution in [2.45, 2.75) is 44.9 Å². The molecule has 10 nitrogen and oxygen atoms in total. The molecule has 2 aromatic heterocycles. The van der Waals surface area contributed by atoms with E-state index < -0.39 is 35.6 Å². The highest BCUT2D eigenvalue weighted by Gasteiger charge is 2.27. The fourth-order valence-electron chi connectivity index (χ4n) is 4.51. The lowest BCUT2D eigenvalue weighted by Gasteiger charge is -2.19. The van der Waals surface area contributed by atoms with E-state index in [1.807, 2.05) is 42.5 Å². The Balaban J connectivity index is 1.46. The van der Waals surface area contributed by atoms with Crippen LogP contribution in [0.25, 0.3) is 11.4 Å². The van der Waals surface area contributed by atoms with Crippen LogP contribution in [0.15, 0.2) is 96.1 Å². The summed E-state index contributed by atoms with van der Waals surface area (Å²) in [5, 5.41) is 2.71. The molecule has 0 fully saturated rings. The highest BCUT2D eigenvalue weighted by molar-refractivity contribution is 6.39. The number of carbonyl (C=O) groups is 3. The summed E-state index contributed by atoms with van der Waals surface area (Å²) in [5.41, 5.74) is 1.29. The number of ketones is 2. The third-order valence-corrected chi connectivity index (χ3v) is 6.65. The lowest BCUT2D eigenvalue weighted by molar-refractivity contribution is -0.139. The van der Waals surface area contributed by atoms with Crippen molar-refractivity contribution < 1.29 is 23.9 Å². The summed E-state index contributed by atoms with van der Waals surface area (Å²) in [6, 6.07) is 22.4. The van der Waals surface area contributed by atoms with E-state index in [9.17, 15) is 19.2 Å². The Bertz CT molecular complexity index is 1560. The van der Waals surface area contributed by atoms with Crippen LogP contribution >= 0.6 is 0 Å². The van der Waals surface area contributed by atoms with Crippen LogP contribution in [0.5, 0.6) is 5.88 Å². The van der Waals surface area contributed by atoms with Gasteiger partial charge in [0.2, 0.25) is 23.4 Å². The minimum atomic E-state index is -1.10. The van der Waals surface area contributed by atoms with Crippen molar-refractivity contribution in [3.63, 3.8) is 0 Å². The number of unbranched alkanes of at least 4 members (excludes halogenated alkanes) is 1. The van der Waals surface area contributed by atoms with E-state index in [-0.39, 0.29) is 25.0 Å². The maximum absolute atomic E-state index is 13.4. The van der Waals surface area contributed by atoms with E-state index in [4.69, 9.17) is 9.47 Å². The van der Waals surface area contributed by atoms with Gasteiger partial charge < -0.3 is 14.8 Å². The fraction of sp³-hybridized carbons (Fsp3) is 0.273. The summed E-state index contributed by atoms with van der Waals surface area (Å²) in [5.74, 6) is -1.07. The molecule has 0 bridgehead atoms. The third-order valence-electron chi connectivity index (χ3n) is 6.65. The summed E-state index contributed by atoms with van der Waals surface area (Å²) in [4.78, 5) is 61.4. The van der Waals surface area contributed by atoms with E-state index in [0.29, 0.717) is 36.7 Å². The van der Waals surface area contributed by atoms with Gasteiger partial charge >= 0.3 is 0 Å². The maximum Gasteiger partial charge on any atom is 0.259 e. The van der Waals surface area contributed by atoms with Crippen molar-refractivity contribution in [1.82, 2.24) is 19.9 Å². The Morgan fingerprint density at radius 1 is 0.907 bits per heavy atom. The Kier molecular flexibility index (Phi) is 11.4. The summed E-state index contributed by atoms with van der Waals surface area (Å²) in [6.45, 7) is -0.0123. The van der Waals surface area contributed by atoms with Crippen molar-refractivity contribution in [2.75, 3.05) is 13.7 Å². The zero-order valence-electron chi connectivity index (χ0n) is 24.0. The first-order valence-electron chi connectivity index (χ1n) is 14.0. The van der Waals surface area contributed by atoms with Crippen molar-refractivity contribution in [3.8, 4) is 17.3 Å². The molecule has 10 heteroatoms. The van der Waals surface area contributed by atoms with Crippen LogP contribution in [-0.4, -0.2) is 51.8 Å². The molecule has 1 N–H and O–H groups in total. The Morgan fingerprint density at radius 2 is 1.63 bits per heavy atom. The van der Waals surface area contributed by atoms with Gasteiger partial charge in [0.25, 0.3) is 5.56 Å². The number of Topliss-reactive ketones (excluding diaryl/α,β-unsaturated/α-hetero) is 2. The van der Waals surface area contributed by atoms with Crippen molar-refractivity contribution in [3.05, 3.63) is 113 Å². The number of rotatable bonds is 16. The van der Waals surface area contributed by atoms with E-state index in [1.54, 1.807) is 42.6 Å². The molecule has 0 saturated heterocycles. The third kappa shape index (κ3) is 9.01. The zero-order valence-corrected chi connectivity index (χ0v) is 24.0. The SMILES string of the molecule is COCc1cnc(-c2ccccc2)n(CC(=O)NC(Cc2ccccc2)C(=O)C(=O)CCCCOc2ccccn2)c1=O. The minimum Gasteiger partial charge on any atom is -0.478 e. The van der Waals surface area contributed by atoms with Gasteiger partial charge in [0.15, 0.2) is 0 Å². The van der Waals surface area contributed by atoms with Crippen LogP contribution in [0, 0.1) is 0 Å². The minimum absolute atomic E-state index is 0.0200. The van der Waals surface area contributed by atoms with Crippen molar-refractivity contribution >= 4 is 17.5 Å². The zero-order chi connectivity index (χ0) is 30.4. The topological polar surface area (TPSA) is 129 Å². The molecule has 1 amide bonds. The molecule has 0 radical (unpaired) electrons. The predicted molar refractivity (Wildman–Crippen MR) is 160 cm³/mol. The van der Waals surface area contributed by atoms with Crippen LogP contribution in [0.4, 0.5) is 0 Å². The molecule has 0 aliphatic rings. The van der Waals surface area contributed by atoms with E-state index >= 15 is 0 Å². The summed E-state index contributed by atoms with van der Waals surface area (Å²) < 4.78 is 11.9. The van der Waals surface area contributed by atoms with Crippen LogP contribution in [0.1, 0.15) is 30.4 Å². The number of hydrogen-bond donors (Lipinski definition) is 1. The summed E-state index contributed by atoms with van der Waals surface area (Å²) in [7, 11) is 1.46. The van der Waals surface area contributed by atoms with Crippen molar-refractivity contribution in [1.29, 1.82) is 0 Å². The van der Waals surface area contributed by atoms with E-state index in [2.05, 4.69) is 15.3 Å². The highest BCUT2D eigenvalue weighted by Crippen LogP contribution is 2.16. The molecule has 43 heavy (non-hydrogen) atoms. The summed E-state index contributed by atoms with van der Waals surface area (Å²) in [6.07, 6.45) is 4.21. The van der Waals surface area contributed by atoms with Gasteiger partial charge in [0.1, 0.15) is 12.4 Å². The molecule has 2 aromatic carbocycles. The molecule has 4 aromatic rings. The number of benzene rings is 2. The molecule has 0 spiro atoms. The molecular formula is C33H34N4O6. The van der Waals surface area contributed by atoms with Gasteiger partial charge in [-0.1, -0.05) is 66.7 Å². The number of nitrogens with one attached hydrogen (secondary N) is 1. The van der Waals surface area contributed by atoms with E-state index in [1.165, 1.54) is 17.9 Å². The van der Waals surface area contributed by atoms with Gasteiger partial charge in [-0.25, -0.2) is 9.97 Å². The monoisotopic (exact) mass is 582 g/mol. The molecule has 2 heterocycles. The predicted octanol–water partition coefficient (Wildman–Crippen LogP) is 3.57. The van der Waals surface area contributed by atoms with Gasteiger partial charge in [-0.05, 0) is 24.5 Å². The first-order chi connectivity index (χ1) is 21.0. The molecule has 0 aliphatic carbocycles. The number of hydrogen-bond acceptors (Lipinski definition) is 8. The molecule has 0 saturated carbocycles. The van der Waals surface area contributed by atoms with Crippen LogP contribution in [0.3, 0.4) is 0 Å².